The van der Waals surface area contributed by atoms with Crippen LogP contribution in [-0.2, 0) is 26.2 Å². The van der Waals surface area contributed by atoms with E-state index in [1.807, 2.05) is 31.2 Å². The Hall–Kier alpha value is -10.9. The number of hydrogen-bond acceptors (Lipinski definition) is 15. The number of fused-ring (bicyclic) bond motifs is 2. The molecule has 17 heteroatoms. The van der Waals surface area contributed by atoms with Crippen LogP contribution in [0.2, 0.25) is 0 Å². The summed E-state index contributed by atoms with van der Waals surface area (Å²) in [6, 6.07) is 39.0. The van der Waals surface area contributed by atoms with Crippen molar-refractivity contribution in [3.05, 3.63) is 241 Å². The first-order valence-corrected chi connectivity index (χ1v) is 24.6. The molecule has 81 heavy (non-hydrogen) atoms. The van der Waals surface area contributed by atoms with Crippen LogP contribution < -0.4 is 55.4 Å². The number of carbonyl (C=O) groups excluding carboxylic acids is 4. The van der Waals surface area contributed by atoms with E-state index < -0.39 is 46.1 Å². The largest absolute Gasteiger partial charge is 0.457 e. The number of ether oxygens (including phenoxy) is 7. The first-order valence-electron chi connectivity index (χ1n) is 24.6. The summed E-state index contributed by atoms with van der Waals surface area (Å²) in [4.78, 5) is 99.7. The Labute approximate surface area is 462 Å². The minimum Gasteiger partial charge on any atom is -0.457 e. The molecule has 7 aromatic carbocycles. The molecule has 0 aliphatic rings. The standard InChI is InChI=1S/C44H32N2O11.C20H18O4/c1-23(2)43(51)56-29-14-10-27(11-15-29)53-37-20-31(9-7-25(37)5)55-36-18-8-26(19-38(36)54-28-12-16-30(17-13-28)57-44(52)24(3)4)46-41(49)34-21-32-33(22-35(34)42(46)50)40(48)45(6)39(32)47;1-13(2)19(21)23-17-9-5-15(6-10-17)16-7-11-18(12-8-16)24-20(22)14(3)4/h7-22H,1,3H2,2,4-6H3;5-12H,1,3H2,2,4H3. The van der Waals surface area contributed by atoms with Gasteiger partial charge in [-0.3, -0.25) is 23.7 Å². The second-order valence-electron chi connectivity index (χ2n) is 18.6. The van der Waals surface area contributed by atoms with Gasteiger partial charge < -0.3 is 33.2 Å². The summed E-state index contributed by atoms with van der Waals surface area (Å²) in [6.07, 6.45) is 0. The number of nitrogens with zero attached hydrogens (tertiary/aromatic N) is 2. The lowest BCUT2D eigenvalue weighted by atomic mass is 10.1. The van der Waals surface area contributed by atoms with Crippen LogP contribution in [0.15, 0.2) is 213 Å². The van der Waals surface area contributed by atoms with Crippen LogP contribution in [0.1, 0.15) is 33.3 Å². The Kier molecular flexibility index (Phi) is 16.5. The van der Waals surface area contributed by atoms with E-state index in [2.05, 4.69) is 26.3 Å². The van der Waals surface area contributed by atoms with Gasteiger partial charge in [-0.05, 0) is 154 Å². The zero-order valence-corrected chi connectivity index (χ0v) is 44.7. The van der Waals surface area contributed by atoms with E-state index in [1.165, 1.54) is 56.4 Å². The van der Waals surface area contributed by atoms with Crippen molar-refractivity contribution in [3.63, 3.8) is 0 Å². The molecular weight excluding hydrogens is 1040 g/mol. The van der Waals surface area contributed by atoms with Crippen molar-refractivity contribution in [2.45, 2.75) is 34.6 Å². The fraction of sp³-hybridized carbons (Fsp3) is 0.0938. The fourth-order valence-electron chi connectivity index (χ4n) is 7.62. The normalized spacial score (nSPS) is 10.7. The predicted molar refractivity (Wildman–Crippen MR) is 305 cm³/mol. The number of aromatic nitrogens is 2. The van der Waals surface area contributed by atoms with Crippen LogP contribution in [0.4, 0.5) is 0 Å². The van der Waals surface area contributed by atoms with Crippen LogP contribution in [0.3, 0.4) is 0 Å². The molecule has 0 saturated carbocycles. The van der Waals surface area contributed by atoms with Crippen molar-refractivity contribution in [1.82, 2.24) is 9.13 Å². The highest BCUT2D eigenvalue weighted by atomic mass is 16.6. The highest BCUT2D eigenvalue weighted by Crippen LogP contribution is 2.39. The maximum Gasteiger partial charge on any atom is 0.338 e. The summed E-state index contributed by atoms with van der Waals surface area (Å²) in [5.74, 6) is 1.27. The van der Waals surface area contributed by atoms with E-state index >= 15 is 0 Å². The Morgan fingerprint density at radius 2 is 0.679 bits per heavy atom. The summed E-state index contributed by atoms with van der Waals surface area (Å²) < 4.78 is 41.4. The van der Waals surface area contributed by atoms with Crippen LogP contribution in [-0.4, -0.2) is 33.0 Å². The Morgan fingerprint density at radius 1 is 0.358 bits per heavy atom. The second kappa shape index (κ2) is 23.7. The van der Waals surface area contributed by atoms with Gasteiger partial charge in [-0.2, -0.15) is 0 Å². The Bertz CT molecular complexity index is 4100. The minimum atomic E-state index is -0.696. The Morgan fingerprint density at radius 3 is 1.06 bits per heavy atom. The predicted octanol–water partition coefficient (Wildman–Crippen LogP) is 11.4. The summed E-state index contributed by atoms with van der Waals surface area (Å²) in [5, 5.41) is 0.0362. The summed E-state index contributed by atoms with van der Waals surface area (Å²) in [6.45, 7) is 22.4. The van der Waals surface area contributed by atoms with Crippen molar-refractivity contribution in [1.29, 1.82) is 0 Å². The molecule has 0 radical (unpaired) electrons. The first kappa shape index (κ1) is 56.3. The third kappa shape index (κ3) is 12.9. The molecule has 0 atom stereocenters. The van der Waals surface area contributed by atoms with Gasteiger partial charge >= 0.3 is 23.9 Å². The van der Waals surface area contributed by atoms with Crippen molar-refractivity contribution in [2.75, 3.05) is 0 Å². The van der Waals surface area contributed by atoms with Gasteiger partial charge in [0.25, 0.3) is 22.2 Å². The fourth-order valence-corrected chi connectivity index (χ4v) is 7.62. The topological polar surface area (TPSA) is 211 Å². The summed E-state index contributed by atoms with van der Waals surface area (Å²) in [7, 11) is 1.33. The number of aryl methyl sites for hydroxylation is 1. The first-order chi connectivity index (χ1) is 38.5. The smallest absolute Gasteiger partial charge is 0.338 e. The number of rotatable bonds is 16. The molecule has 0 unspecified atom stereocenters. The molecule has 0 N–H and O–H groups in total. The summed E-state index contributed by atoms with van der Waals surface area (Å²) in [5.41, 5.74) is 1.45. The van der Waals surface area contributed by atoms with Gasteiger partial charge in [-0.15, -0.1) is 0 Å². The van der Waals surface area contributed by atoms with Crippen molar-refractivity contribution < 1.29 is 52.3 Å². The van der Waals surface area contributed by atoms with Gasteiger partial charge in [0.15, 0.2) is 11.5 Å². The SMILES string of the molecule is C=C(C)C(=O)Oc1ccc(-c2ccc(OC(=O)C(=C)C)cc2)cc1.C=C(C)C(=O)Oc1ccc(Oc2cc(Oc3ccc(-n4c(=O)c5cc6c(=O)n(C)c(=O)c6cc5c4=O)cc3Oc3ccc(OC(=O)C(=C)C)cc3)ccc2C)cc1. The molecule has 2 aromatic heterocycles. The van der Waals surface area contributed by atoms with Gasteiger partial charge in [0.2, 0.25) is 0 Å². The molecule has 2 heterocycles. The lowest BCUT2D eigenvalue weighted by Crippen LogP contribution is -2.23. The van der Waals surface area contributed by atoms with Crippen LogP contribution in [0.25, 0.3) is 38.4 Å². The maximum absolute atomic E-state index is 13.7. The monoisotopic (exact) mass is 1090 g/mol. The van der Waals surface area contributed by atoms with E-state index in [-0.39, 0.29) is 61.4 Å². The minimum absolute atomic E-state index is 0.0207. The molecule has 0 saturated heterocycles. The molecule has 17 nitrogen and oxygen atoms in total. The molecule has 9 rings (SSSR count). The third-order valence-electron chi connectivity index (χ3n) is 12.0. The third-order valence-corrected chi connectivity index (χ3v) is 12.0. The highest BCUT2D eigenvalue weighted by Gasteiger charge is 2.22. The lowest BCUT2D eigenvalue weighted by molar-refractivity contribution is -0.130. The van der Waals surface area contributed by atoms with Crippen LogP contribution in [0.5, 0.6) is 57.5 Å². The number of hydrogen-bond donors (Lipinski definition) is 0. The van der Waals surface area contributed by atoms with E-state index in [9.17, 15) is 38.4 Å². The molecular formula is C64H50N2O15. The summed E-state index contributed by atoms with van der Waals surface area (Å²) >= 11 is 0. The zero-order valence-electron chi connectivity index (χ0n) is 44.7. The maximum atomic E-state index is 13.7. The second-order valence-corrected chi connectivity index (χ2v) is 18.6. The van der Waals surface area contributed by atoms with Crippen LogP contribution in [0, 0.1) is 6.92 Å². The lowest BCUT2D eigenvalue weighted by Gasteiger charge is -2.16. The van der Waals surface area contributed by atoms with E-state index in [4.69, 9.17) is 33.2 Å². The van der Waals surface area contributed by atoms with Gasteiger partial charge in [0.1, 0.15) is 46.0 Å². The highest BCUT2D eigenvalue weighted by molar-refractivity contribution is 5.98. The molecule has 0 aliphatic heterocycles. The average Bonchev–Trinajstić information content (AvgIpc) is 3.85. The molecule has 0 aliphatic carbocycles. The quantitative estimate of drug-likeness (QED) is 0.0500. The van der Waals surface area contributed by atoms with E-state index in [0.29, 0.717) is 45.6 Å². The van der Waals surface area contributed by atoms with Gasteiger partial charge in [0.05, 0.1) is 27.2 Å². The molecule has 9 aromatic rings. The van der Waals surface area contributed by atoms with Crippen molar-refractivity contribution >= 4 is 45.4 Å². The number of esters is 4. The van der Waals surface area contributed by atoms with Crippen molar-refractivity contribution in [2.24, 2.45) is 7.05 Å². The van der Waals surface area contributed by atoms with Gasteiger partial charge in [-0.1, -0.05) is 56.6 Å². The van der Waals surface area contributed by atoms with E-state index in [0.717, 1.165) is 25.8 Å². The zero-order chi connectivity index (χ0) is 58.4. The van der Waals surface area contributed by atoms with Gasteiger partial charge in [0, 0.05) is 41.5 Å². The molecule has 0 amide bonds. The number of benzene rings is 7. The van der Waals surface area contributed by atoms with E-state index in [1.54, 1.807) is 99.6 Å². The molecule has 0 bridgehead atoms. The molecule has 0 spiro atoms. The van der Waals surface area contributed by atoms with Crippen LogP contribution >= 0.6 is 0 Å². The number of carbonyl (C=O) groups is 4. The molecule has 0 fully saturated rings. The van der Waals surface area contributed by atoms with Crippen molar-refractivity contribution in [3.8, 4) is 74.3 Å². The van der Waals surface area contributed by atoms with Gasteiger partial charge in [-0.25, -0.2) is 23.7 Å². The average molecular weight is 1090 g/mol. The molecule has 406 valence electrons. The Balaban J connectivity index is 0.000000300.